The molecule has 0 spiro atoms. The van der Waals surface area contributed by atoms with Crippen LogP contribution in [0.2, 0.25) is 0 Å². The first kappa shape index (κ1) is 23.1. The number of benzene rings is 1. The summed E-state index contributed by atoms with van der Waals surface area (Å²) in [6, 6.07) is 12.1. The van der Waals surface area contributed by atoms with E-state index in [0.717, 1.165) is 11.3 Å². The van der Waals surface area contributed by atoms with Gasteiger partial charge in [-0.1, -0.05) is 52.0 Å². The van der Waals surface area contributed by atoms with Crippen LogP contribution in [0, 0.1) is 12.8 Å². The van der Waals surface area contributed by atoms with Gasteiger partial charge < -0.3 is 14.6 Å². The fourth-order valence-corrected chi connectivity index (χ4v) is 3.96. The number of furan rings is 1. The van der Waals surface area contributed by atoms with Gasteiger partial charge in [-0.2, -0.15) is 0 Å². The molecule has 1 aliphatic rings. The predicted molar refractivity (Wildman–Crippen MR) is 122 cm³/mol. The SMILES string of the molecule is Cc1ccc(C(=O)N2CCN(CC(=O)NC(c3ccc(C(C)C)cc3)C(C)C)CC2)o1. The number of nitrogens with zero attached hydrogens (tertiary/aromatic N) is 2. The molecule has 2 amide bonds. The topological polar surface area (TPSA) is 65.8 Å². The average molecular weight is 426 g/mol. The number of aryl methyl sites for hydroxylation is 1. The largest absolute Gasteiger partial charge is 0.456 e. The van der Waals surface area contributed by atoms with Crippen molar-refractivity contribution < 1.29 is 14.0 Å². The molecule has 0 bridgehead atoms. The highest BCUT2D eigenvalue weighted by atomic mass is 16.3. The van der Waals surface area contributed by atoms with E-state index >= 15 is 0 Å². The van der Waals surface area contributed by atoms with Crippen molar-refractivity contribution in [1.29, 1.82) is 0 Å². The summed E-state index contributed by atoms with van der Waals surface area (Å²) in [6.45, 7) is 13.3. The lowest BCUT2D eigenvalue weighted by molar-refractivity contribution is -0.123. The normalized spacial score (nSPS) is 16.0. The van der Waals surface area contributed by atoms with Gasteiger partial charge in [0.05, 0.1) is 12.6 Å². The molecule has 31 heavy (non-hydrogen) atoms. The zero-order valence-corrected chi connectivity index (χ0v) is 19.4. The maximum atomic E-state index is 12.8. The molecular weight excluding hydrogens is 390 g/mol. The van der Waals surface area contributed by atoms with Crippen molar-refractivity contribution in [2.75, 3.05) is 32.7 Å². The molecule has 0 saturated carbocycles. The van der Waals surface area contributed by atoms with Gasteiger partial charge in [-0.3, -0.25) is 14.5 Å². The molecule has 0 radical (unpaired) electrons. The summed E-state index contributed by atoms with van der Waals surface area (Å²) in [6.07, 6.45) is 0. The molecule has 0 aliphatic carbocycles. The van der Waals surface area contributed by atoms with Crippen LogP contribution in [-0.4, -0.2) is 54.3 Å². The Hall–Kier alpha value is -2.60. The third-order valence-corrected chi connectivity index (χ3v) is 5.92. The predicted octanol–water partition coefficient (Wildman–Crippen LogP) is 3.98. The van der Waals surface area contributed by atoms with Crippen LogP contribution in [0.3, 0.4) is 0 Å². The Bertz CT molecular complexity index is 878. The Morgan fingerprint density at radius 2 is 1.55 bits per heavy atom. The van der Waals surface area contributed by atoms with Crippen LogP contribution in [0.15, 0.2) is 40.8 Å². The van der Waals surface area contributed by atoms with Crippen LogP contribution in [0.5, 0.6) is 0 Å². The molecule has 1 atom stereocenters. The second kappa shape index (κ2) is 10.1. The van der Waals surface area contributed by atoms with Crippen molar-refractivity contribution in [1.82, 2.24) is 15.1 Å². The summed E-state index contributed by atoms with van der Waals surface area (Å²) in [5, 5.41) is 3.22. The van der Waals surface area contributed by atoms with Gasteiger partial charge in [0.25, 0.3) is 5.91 Å². The Kier molecular flexibility index (Phi) is 7.55. The molecule has 1 saturated heterocycles. The van der Waals surface area contributed by atoms with Crippen LogP contribution in [0.1, 0.15) is 67.1 Å². The van der Waals surface area contributed by atoms with Gasteiger partial charge in [-0.25, -0.2) is 0 Å². The lowest BCUT2D eigenvalue weighted by Crippen LogP contribution is -2.51. The van der Waals surface area contributed by atoms with Crippen molar-refractivity contribution in [3.8, 4) is 0 Å². The van der Waals surface area contributed by atoms with E-state index in [1.54, 1.807) is 17.0 Å². The molecule has 6 heteroatoms. The van der Waals surface area contributed by atoms with E-state index in [2.05, 4.69) is 62.2 Å². The summed E-state index contributed by atoms with van der Waals surface area (Å²) in [5.41, 5.74) is 2.44. The van der Waals surface area contributed by atoms with E-state index < -0.39 is 0 Å². The average Bonchev–Trinajstić information content (AvgIpc) is 3.18. The molecule has 1 fully saturated rings. The van der Waals surface area contributed by atoms with E-state index in [-0.39, 0.29) is 17.9 Å². The van der Waals surface area contributed by atoms with Crippen LogP contribution in [0.4, 0.5) is 0 Å². The Balaban J connectivity index is 1.52. The standard InChI is InChI=1S/C25H35N3O3/c1-17(2)20-7-9-21(10-8-20)24(18(3)4)26-23(29)16-27-12-14-28(15-13-27)25(30)22-11-6-19(5)31-22/h6-11,17-18,24H,12-16H2,1-5H3,(H,26,29). The Morgan fingerprint density at radius 1 is 0.935 bits per heavy atom. The number of carbonyl (C=O) groups is 2. The first-order chi connectivity index (χ1) is 14.7. The molecule has 1 aromatic carbocycles. The monoisotopic (exact) mass is 425 g/mol. The fraction of sp³-hybridized carbons (Fsp3) is 0.520. The number of hydrogen-bond acceptors (Lipinski definition) is 4. The summed E-state index contributed by atoms with van der Waals surface area (Å²) in [7, 11) is 0. The van der Waals surface area contributed by atoms with Gasteiger partial charge in [0.2, 0.25) is 5.91 Å². The zero-order chi connectivity index (χ0) is 22.5. The lowest BCUT2D eigenvalue weighted by atomic mass is 9.93. The van der Waals surface area contributed by atoms with Gasteiger partial charge in [-0.05, 0) is 42.0 Å². The van der Waals surface area contributed by atoms with Crippen molar-refractivity contribution in [3.63, 3.8) is 0 Å². The third-order valence-electron chi connectivity index (χ3n) is 5.92. The Morgan fingerprint density at radius 3 is 2.06 bits per heavy atom. The molecule has 1 unspecified atom stereocenters. The van der Waals surface area contributed by atoms with Crippen molar-refractivity contribution in [2.45, 2.75) is 46.6 Å². The molecule has 2 aromatic rings. The van der Waals surface area contributed by atoms with Crippen molar-refractivity contribution >= 4 is 11.8 Å². The summed E-state index contributed by atoms with van der Waals surface area (Å²) >= 11 is 0. The smallest absolute Gasteiger partial charge is 0.289 e. The number of hydrogen-bond donors (Lipinski definition) is 1. The van der Waals surface area contributed by atoms with E-state index in [4.69, 9.17) is 4.42 Å². The first-order valence-corrected chi connectivity index (χ1v) is 11.2. The van der Waals surface area contributed by atoms with Crippen molar-refractivity contribution in [3.05, 3.63) is 59.0 Å². The minimum Gasteiger partial charge on any atom is -0.456 e. The lowest BCUT2D eigenvalue weighted by Gasteiger charge is -2.34. The molecule has 1 aromatic heterocycles. The van der Waals surface area contributed by atoms with E-state index in [9.17, 15) is 9.59 Å². The minimum atomic E-state index is -0.0816. The maximum Gasteiger partial charge on any atom is 0.289 e. The number of carbonyl (C=O) groups excluding carboxylic acids is 2. The van der Waals surface area contributed by atoms with Gasteiger partial charge in [0, 0.05) is 26.2 Å². The van der Waals surface area contributed by atoms with Crippen molar-refractivity contribution in [2.24, 2.45) is 5.92 Å². The number of piperazine rings is 1. The van der Waals surface area contributed by atoms with Crippen LogP contribution >= 0.6 is 0 Å². The zero-order valence-electron chi connectivity index (χ0n) is 19.4. The molecule has 1 N–H and O–H groups in total. The highest BCUT2D eigenvalue weighted by molar-refractivity contribution is 5.91. The Labute approximate surface area is 185 Å². The van der Waals surface area contributed by atoms with Crippen LogP contribution < -0.4 is 5.32 Å². The van der Waals surface area contributed by atoms with E-state index in [0.29, 0.717) is 50.3 Å². The molecule has 168 valence electrons. The third kappa shape index (κ3) is 5.97. The van der Waals surface area contributed by atoms with Gasteiger partial charge in [-0.15, -0.1) is 0 Å². The second-order valence-corrected chi connectivity index (χ2v) is 9.09. The summed E-state index contributed by atoms with van der Waals surface area (Å²) < 4.78 is 5.45. The maximum absolute atomic E-state index is 12.8. The number of nitrogens with one attached hydrogen (secondary N) is 1. The van der Waals surface area contributed by atoms with E-state index in [1.807, 2.05) is 6.92 Å². The summed E-state index contributed by atoms with van der Waals surface area (Å²) in [5.74, 6) is 1.84. The van der Waals surface area contributed by atoms with Gasteiger partial charge in [0.1, 0.15) is 5.76 Å². The second-order valence-electron chi connectivity index (χ2n) is 9.09. The number of rotatable bonds is 7. The summed E-state index contributed by atoms with van der Waals surface area (Å²) in [4.78, 5) is 29.2. The van der Waals surface area contributed by atoms with Gasteiger partial charge >= 0.3 is 0 Å². The highest BCUT2D eigenvalue weighted by Crippen LogP contribution is 2.24. The van der Waals surface area contributed by atoms with Crippen LogP contribution in [-0.2, 0) is 4.79 Å². The molecule has 6 nitrogen and oxygen atoms in total. The molecular formula is C25H35N3O3. The van der Waals surface area contributed by atoms with Gasteiger partial charge in [0.15, 0.2) is 5.76 Å². The van der Waals surface area contributed by atoms with E-state index in [1.165, 1.54) is 5.56 Å². The highest BCUT2D eigenvalue weighted by Gasteiger charge is 2.26. The molecule has 1 aliphatic heterocycles. The van der Waals surface area contributed by atoms with Crippen LogP contribution in [0.25, 0.3) is 0 Å². The molecule has 2 heterocycles. The molecule has 3 rings (SSSR count). The quantitative estimate of drug-likeness (QED) is 0.729. The first-order valence-electron chi connectivity index (χ1n) is 11.2. The number of amides is 2. The fourth-order valence-electron chi connectivity index (χ4n) is 3.96. The minimum absolute atomic E-state index is 0.0150.